The van der Waals surface area contributed by atoms with Crippen LogP contribution < -0.4 is 5.32 Å². The molecule has 0 spiro atoms. The number of halogens is 2. The topological polar surface area (TPSA) is 55.4 Å². The fourth-order valence-corrected chi connectivity index (χ4v) is 2.95. The van der Waals surface area contributed by atoms with E-state index >= 15 is 0 Å². The predicted molar refractivity (Wildman–Crippen MR) is 79.3 cm³/mol. The van der Waals surface area contributed by atoms with Crippen LogP contribution in [0.1, 0.15) is 36.0 Å². The molecule has 1 aliphatic rings. The second-order valence-electron chi connectivity index (χ2n) is 5.15. The number of esters is 1. The molecule has 1 aromatic carbocycles. The van der Waals surface area contributed by atoms with Crippen LogP contribution in [0.3, 0.4) is 0 Å². The van der Waals surface area contributed by atoms with Gasteiger partial charge in [0.25, 0.3) is 5.91 Å². The van der Waals surface area contributed by atoms with E-state index in [1.165, 1.54) is 13.2 Å². The number of hydrogen-bond acceptors (Lipinski definition) is 3. The molecule has 1 aliphatic carbocycles. The SMILES string of the molecule is COC(=O)C1CCC(NC(=O)c2cccc(Br)c2F)CC1. The first-order chi connectivity index (χ1) is 10.0. The van der Waals surface area contributed by atoms with Crippen molar-refractivity contribution in [2.45, 2.75) is 31.7 Å². The number of ether oxygens (including phenoxy) is 1. The number of nitrogens with one attached hydrogen (secondary N) is 1. The molecule has 0 aliphatic heterocycles. The summed E-state index contributed by atoms with van der Waals surface area (Å²) in [5.74, 6) is -1.27. The molecule has 0 radical (unpaired) electrons. The third-order valence-corrected chi connectivity index (χ3v) is 4.41. The van der Waals surface area contributed by atoms with E-state index in [0.717, 1.165) is 0 Å². The second-order valence-corrected chi connectivity index (χ2v) is 6.00. The molecule has 0 heterocycles. The molecular formula is C15H17BrFNO3. The Kier molecular flexibility index (Phi) is 5.33. The van der Waals surface area contributed by atoms with Gasteiger partial charge in [-0.3, -0.25) is 9.59 Å². The Morgan fingerprint density at radius 3 is 2.57 bits per heavy atom. The van der Waals surface area contributed by atoms with E-state index in [9.17, 15) is 14.0 Å². The van der Waals surface area contributed by atoms with E-state index in [-0.39, 0.29) is 28.0 Å². The number of methoxy groups -OCH3 is 1. The van der Waals surface area contributed by atoms with Crippen molar-refractivity contribution in [1.82, 2.24) is 5.32 Å². The van der Waals surface area contributed by atoms with E-state index in [2.05, 4.69) is 21.2 Å². The molecule has 0 bridgehead atoms. The molecule has 0 saturated heterocycles. The zero-order valence-corrected chi connectivity index (χ0v) is 13.3. The number of rotatable bonds is 3. The maximum Gasteiger partial charge on any atom is 0.308 e. The molecule has 1 amide bonds. The minimum Gasteiger partial charge on any atom is -0.469 e. The average molecular weight is 358 g/mol. The van der Waals surface area contributed by atoms with Crippen LogP contribution in [0.25, 0.3) is 0 Å². The van der Waals surface area contributed by atoms with Gasteiger partial charge in [-0.1, -0.05) is 6.07 Å². The normalized spacial score (nSPS) is 21.7. The van der Waals surface area contributed by atoms with Crippen molar-refractivity contribution in [2.75, 3.05) is 7.11 Å². The Morgan fingerprint density at radius 2 is 1.95 bits per heavy atom. The number of amides is 1. The molecule has 1 fully saturated rings. The highest BCUT2D eigenvalue weighted by Crippen LogP contribution is 2.26. The minimum absolute atomic E-state index is 0.0273. The fraction of sp³-hybridized carbons (Fsp3) is 0.467. The first-order valence-corrected chi connectivity index (χ1v) is 7.65. The van der Waals surface area contributed by atoms with Gasteiger partial charge in [0.15, 0.2) is 0 Å². The molecule has 0 unspecified atom stereocenters. The number of hydrogen-bond donors (Lipinski definition) is 1. The zero-order chi connectivity index (χ0) is 15.4. The summed E-state index contributed by atoms with van der Waals surface area (Å²) in [7, 11) is 1.38. The highest BCUT2D eigenvalue weighted by Gasteiger charge is 2.28. The minimum atomic E-state index is -0.557. The number of carbonyl (C=O) groups is 2. The van der Waals surface area contributed by atoms with E-state index in [1.807, 2.05) is 0 Å². The van der Waals surface area contributed by atoms with Gasteiger partial charge in [-0.25, -0.2) is 4.39 Å². The lowest BCUT2D eigenvalue weighted by atomic mass is 9.86. The Bertz CT molecular complexity index is 542. The summed E-state index contributed by atoms with van der Waals surface area (Å²) in [4.78, 5) is 23.5. The lowest BCUT2D eigenvalue weighted by Crippen LogP contribution is -2.39. The first-order valence-electron chi connectivity index (χ1n) is 6.85. The standard InChI is InChI=1S/C15H17BrFNO3/c1-21-15(20)9-5-7-10(8-6-9)18-14(19)11-3-2-4-12(16)13(11)17/h2-4,9-10H,5-8H2,1H3,(H,18,19). The van der Waals surface area contributed by atoms with Gasteiger partial charge in [0.2, 0.25) is 0 Å². The van der Waals surface area contributed by atoms with Crippen molar-refractivity contribution >= 4 is 27.8 Å². The van der Waals surface area contributed by atoms with Gasteiger partial charge in [-0.05, 0) is 53.7 Å². The third-order valence-electron chi connectivity index (χ3n) is 3.79. The molecule has 6 heteroatoms. The van der Waals surface area contributed by atoms with E-state index in [4.69, 9.17) is 4.74 Å². The molecule has 1 aromatic rings. The van der Waals surface area contributed by atoms with Gasteiger partial charge in [-0.2, -0.15) is 0 Å². The quantitative estimate of drug-likeness (QED) is 0.845. The largest absolute Gasteiger partial charge is 0.469 e. The van der Waals surface area contributed by atoms with Crippen LogP contribution in [-0.2, 0) is 9.53 Å². The highest BCUT2D eigenvalue weighted by molar-refractivity contribution is 9.10. The lowest BCUT2D eigenvalue weighted by molar-refractivity contribution is -0.146. The van der Waals surface area contributed by atoms with Gasteiger partial charge in [0, 0.05) is 6.04 Å². The van der Waals surface area contributed by atoms with Crippen LogP contribution in [0, 0.1) is 11.7 Å². The van der Waals surface area contributed by atoms with Gasteiger partial charge in [0.05, 0.1) is 23.1 Å². The Labute approximate surface area is 131 Å². The monoisotopic (exact) mass is 357 g/mol. The lowest BCUT2D eigenvalue weighted by Gasteiger charge is -2.27. The molecule has 0 atom stereocenters. The summed E-state index contributed by atoms with van der Waals surface area (Å²) >= 11 is 3.06. The number of benzene rings is 1. The molecule has 1 N–H and O–H groups in total. The summed E-state index contributed by atoms with van der Waals surface area (Å²) < 4.78 is 18.8. The van der Waals surface area contributed by atoms with Crippen LogP contribution in [0.2, 0.25) is 0 Å². The van der Waals surface area contributed by atoms with Crippen molar-refractivity contribution in [3.05, 3.63) is 34.1 Å². The number of carbonyl (C=O) groups excluding carboxylic acids is 2. The summed E-state index contributed by atoms with van der Waals surface area (Å²) in [6, 6.07) is 4.59. The zero-order valence-electron chi connectivity index (χ0n) is 11.7. The van der Waals surface area contributed by atoms with E-state index < -0.39 is 11.7 Å². The summed E-state index contributed by atoms with van der Waals surface area (Å²) in [5.41, 5.74) is 0.0273. The first kappa shape index (κ1) is 15.9. The third kappa shape index (κ3) is 3.81. The van der Waals surface area contributed by atoms with Gasteiger partial charge in [-0.15, -0.1) is 0 Å². The van der Waals surface area contributed by atoms with Crippen LogP contribution in [-0.4, -0.2) is 25.0 Å². The molecule has 2 rings (SSSR count). The fourth-order valence-electron chi connectivity index (χ4n) is 2.58. The highest BCUT2D eigenvalue weighted by atomic mass is 79.9. The molecule has 4 nitrogen and oxygen atoms in total. The van der Waals surface area contributed by atoms with Gasteiger partial charge in [0.1, 0.15) is 5.82 Å². The average Bonchev–Trinajstić information content (AvgIpc) is 2.50. The van der Waals surface area contributed by atoms with Crippen molar-refractivity contribution in [3.63, 3.8) is 0 Å². The van der Waals surface area contributed by atoms with Crippen LogP contribution >= 0.6 is 15.9 Å². The van der Waals surface area contributed by atoms with Crippen molar-refractivity contribution in [3.8, 4) is 0 Å². The maximum absolute atomic E-state index is 13.9. The van der Waals surface area contributed by atoms with Crippen LogP contribution in [0.4, 0.5) is 4.39 Å². The molecule has 1 saturated carbocycles. The van der Waals surface area contributed by atoms with Gasteiger partial charge >= 0.3 is 5.97 Å². The van der Waals surface area contributed by atoms with Gasteiger partial charge < -0.3 is 10.1 Å². The van der Waals surface area contributed by atoms with E-state index in [0.29, 0.717) is 25.7 Å². The van der Waals surface area contributed by atoms with Crippen LogP contribution in [0.15, 0.2) is 22.7 Å². The Hall–Kier alpha value is -1.43. The molecule has 114 valence electrons. The summed E-state index contributed by atoms with van der Waals surface area (Å²) in [5, 5.41) is 2.83. The van der Waals surface area contributed by atoms with Crippen molar-refractivity contribution in [1.29, 1.82) is 0 Å². The predicted octanol–water partition coefficient (Wildman–Crippen LogP) is 3.05. The Morgan fingerprint density at radius 1 is 1.29 bits per heavy atom. The smallest absolute Gasteiger partial charge is 0.308 e. The van der Waals surface area contributed by atoms with E-state index in [1.54, 1.807) is 12.1 Å². The second kappa shape index (κ2) is 7.02. The van der Waals surface area contributed by atoms with Crippen molar-refractivity contribution < 1.29 is 18.7 Å². The van der Waals surface area contributed by atoms with Crippen molar-refractivity contribution in [2.24, 2.45) is 5.92 Å². The maximum atomic E-state index is 13.9. The summed E-state index contributed by atoms with van der Waals surface area (Å²) in [6.45, 7) is 0. The Balaban J connectivity index is 1.93. The molecular weight excluding hydrogens is 341 g/mol. The van der Waals surface area contributed by atoms with Crippen LogP contribution in [0.5, 0.6) is 0 Å². The molecule has 21 heavy (non-hydrogen) atoms. The molecule has 0 aromatic heterocycles. The summed E-state index contributed by atoms with van der Waals surface area (Å²) in [6.07, 6.45) is 2.75.